The van der Waals surface area contributed by atoms with Gasteiger partial charge in [-0.1, -0.05) is 30.5 Å². The van der Waals surface area contributed by atoms with E-state index in [1.54, 1.807) is 0 Å². The van der Waals surface area contributed by atoms with Crippen molar-refractivity contribution in [3.05, 3.63) is 34.9 Å². The molecule has 2 nitrogen and oxygen atoms in total. The third-order valence-corrected chi connectivity index (χ3v) is 4.03. The van der Waals surface area contributed by atoms with Crippen molar-refractivity contribution in [1.82, 2.24) is 4.90 Å². The zero-order chi connectivity index (χ0) is 13.1. The minimum atomic E-state index is 0.255. The second-order valence-electron chi connectivity index (χ2n) is 5.59. The lowest BCUT2D eigenvalue weighted by molar-refractivity contribution is 0.0920. The standard InChI is InChI=1S/C16H23NO/c1-12-8-9-13(2)15(10-12)16(18)11-17(3)14-6-4-5-7-14/h8-10,14H,4-7,11H2,1-3H3. The van der Waals surface area contributed by atoms with E-state index in [0.29, 0.717) is 12.6 Å². The van der Waals surface area contributed by atoms with Crippen LogP contribution in [0, 0.1) is 13.8 Å². The summed E-state index contributed by atoms with van der Waals surface area (Å²) in [6, 6.07) is 6.73. The number of benzene rings is 1. The minimum absolute atomic E-state index is 0.255. The summed E-state index contributed by atoms with van der Waals surface area (Å²) in [5.74, 6) is 0.255. The van der Waals surface area contributed by atoms with Crippen LogP contribution in [0.4, 0.5) is 0 Å². The second kappa shape index (κ2) is 5.66. The van der Waals surface area contributed by atoms with Crippen LogP contribution in [-0.4, -0.2) is 30.3 Å². The molecule has 0 aromatic heterocycles. The Labute approximate surface area is 110 Å². The maximum absolute atomic E-state index is 12.3. The van der Waals surface area contributed by atoms with Gasteiger partial charge in [0.2, 0.25) is 0 Å². The Balaban J connectivity index is 2.04. The van der Waals surface area contributed by atoms with Crippen LogP contribution >= 0.6 is 0 Å². The van der Waals surface area contributed by atoms with Crippen molar-refractivity contribution in [3.8, 4) is 0 Å². The highest BCUT2D eigenvalue weighted by Crippen LogP contribution is 2.22. The van der Waals surface area contributed by atoms with E-state index in [2.05, 4.69) is 18.0 Å². The molecular weight excluding hydrogens is 222 g/mol. The van der Waals surface area contributed by atoms with Crippen LogP contribution in [0.2, 0.25) is 0 Å². The number of rotatable bonds is 4. The number of nitrogens with zero attached hydrogens (tertiary/aromatic N) is 1. The van der Waals surface area contributed by atoms with E-state index in [1.807, 2.05) is 26.0 Å². The maximum Gasteiger partial charge on any atom is 0.177 e. The summed E-state index contributed by atoms with van der Waals surface area (Å²) in [6.45, 7) is 4.61. The lowest BCUT2D eigenvalue weighted by Crippen LogP contribution is -2.34. The van der Waals surface area contributed by atoms with Crippen LogP contribution < -0.4 is 0 Å². The summed E-state index contributed by atoms with van der Waals surface area (Å²) < 4.78 is 0. The number of likely N-dealkylation sites (N-methyl/N-ethyl adjacent to an activating group) is 1. The van der Waals surface area contributed by atoms with Crippen molar-refractivity contribution in [3.63, 3.8) is 0 Å². The van der Waals surface area contributed by atoms with Crippen molar-refractivity contribution < 1.29 is 4.79 Å². The fourth-order valence-corrected chi connectivity index (χ4v) is 2.82. The van der Waals surface area contributed by atoms with Crippen molar-refractivity contribution in [2.24, 2.45) is 0 Å². The average molecular weight is 245 g/mol. The number of hydrogen-bond acceptors (Lipinski definition) is 2. The average Bonchev–Trinajstić information content (AvgIpc) is 2.85. The van der Waals surface area contributed by atoms with E-state index >= 15 is 0 Å². The zero-order valence-corrected chi connectivity index (χ0v) is 11.7. The van der Waals surface area contributed by atoms with Gasteiger partial charge in [-0.2, -0.15) is 0 Å². The molecule has 0 amide bonds. The van der Waals surface area contributed by atoms with Crippen molar-refractivity contribution >= 4 is 5.78 Å². The van der Waals surface area contributed by atoms with Crippen LogP contribution in [0.3, 0.4) is 0 Å². The van der Waals surface area contributed by atoms with E-state index in [9.17, 15) is 4.79 Å². The van der Waals surface area contributed by atoms with Gasteiger partial charge in [0.1, 0.15) is 0 Å². The van der Waals surface area contributed by atoms with Crippen LogP contribution in [0.15, 0.2) is 18.2 Å². The van der Waals surface area contributed by atoms with Gasteiger partial charge >= 0.3 is 0 Å². The van der Waals surface area contributed by atoms with E-state index in [4.69, 9.17) is 0 Å². The summed E-state index contributed by atoms with van der Waals surface area (Å²) in [6.07, 6.45) is 5.12. The van der Waals surface area contributed by atoms with Crippen LogP contribution in [-0.2, 0) is 0 Å². The summed E-state index contributed by atoms with van der Waals surface area (Å²) in [7, 11) is 2.08. The molecule has 0 bridgehead atoms. The largest absolute Gasteiger partial charge is 0.296 e. The second-order valence-corrected chi connectivity index (χ2v) is 5.59. The SMILES string of the molecule is Cc1ccc(C)c(C(=O)CN(C)C2CCCC2)c1. The molecule has 0 aliphatic heterocycles. The molecule has 0 unspecified atom stereocenters. The van der Waals surface area contributed by atoms with Gasteiger partial charge in [0.15, 0.2) is 5.78 Å². The highest BCUT2D eigenvalue weighted by molar-refractivity contribution is 5.99. The van der Waals surface area contributed by atoms with Gasteiger partial charge in [-0.15, -0.1) is 0 Å². The molecule has 1 fully saturated rings. The van der Waals surface area contributed by atoms with E-state index < -0.39 is 0 Å². The molecular formula is C16H23NO. The molecule has 0 atom stereocenters. The molecule has 2 rings (SSSR count). The Hall–Kier alpha value is -1.15. The molecule has 1 saturated carbocycles. The predicted molar refractivity (Wildman–Crippen MR) is 75.1 cm³/mol. The highest BCUT2D eigenvalue weighted by Gasteiger charge is 2.22. The molecule has 0 N–H and O–H groups in total. The molecule has 1 aromatic rings. The monoisotopic (exact) mass is 245 g/mol. The summed E-state index contributed by atoms with van der Waals surface area (Å²) >= 11 is 0. The minimum Gasteiger partial charge on any atom is -0.296 e. The lowest BCUT2D eigenvalue weighted by atomic mass is 10.0. The first kappa shape index (κ1) is 13.3. The lowest BCUT2D eigenvalue weighted by Gasteiger charge is -2.23. The fourth-order valence-electron chi connectivity index (χ4n) is 2.82. The van der Waals surface area contributed by atoms with Crippen LogP contribution in [0.25, 0.3) is 0 Å². The molecule has 0 heterocycles. The highest BCUT2D eigenvalue weighted by atomic mass is 16.1. The van der Waals surface area contributed by atoms with E-state index in [1.165, 1.54) is 25.7 Å². The van der Waals surface area contributed by atoms with Gasteiger partial charge in [-0.3, -0.25) is 9.69 Å². The molecule has 18 heavy (non-hydrogen) atoms. The normalized spacial score (nSPS) is 16.4. The molecule has 0 radical (unpaired) electrons. The van der Waals surface area contributed by atoms with E-state index in [-0.39, 0.29) is 5.78 Å². The zero-order valence-electron chi connectivity index (χ0n) is 11.7. The number of hydrogen-bond donors (Lipinski definition) is 0. The first-order valence-corrected chi connectivity index (χ1v) is 6.88. The third kappa shape index (κ3) is 2.99. The quantitative estimate of drug-likeness (QED) is 0.758. The first-order chi connectivity index (χ1) is 8.58. The topological polar surface area (TPSA) is 20.3 Å². The molecule has 1 aliphatic rings. The third-order valence-electron chi connectivity index (χ3n) is 4.03. The number of ketones is 1. The predicted octanol–water partition coefficient (Wildman–Crippen LogP) is 3.36. The summed E-state index contributed by atoms with van der Waals surface area (Å²) in [5.41, 5.74) is 3.14. The van der Waals surface area contributed by atoms with Gasteiger partial charge in [0.25, 0.3) is 0 Å². The molecule has 2 heteroatoms. The Kier molecular flexibility index (Phi) is 4.18. The van der Waals surface area contributed by atoms with Gasteiger partial charge in [0.05, 0.1) is 6.54 Å². The van der Waals surface area contributed by atoms with E-state index in [0.717, 1.165) is 16.7 Å². The van der Waals surface area contributed by atoms with Crippen molar-refractivity contribution in [2.45, 2.75) is 45.6 Å². The fraction of sp³-hybridized carbons (Fsp3) is 0.562. The van der Waals surface area contributed by atoms with Gasteiger partial charge in [0, 0.05) is 11.6 Å². The Morgan fingerprint density at radius 2 is 1.94 bits per heavy atom. The molecule has 1 aliphatic carbocycles. The summed E-state index contributed by atoms with van der Waals surface area (Å²) in [4.78, 5) is 14.6. The number of carbonyl (C=O) groups is 1. The Morgan fingerprint density at radius 3 is 2.61 bits per heavy atom. The Morgan fingerprint density at radius 1 is 1.28 bits per heavy atom. The smallest absolute Gasteiger partial charge is 0.177 e. The maximum atomic E-state index is 12.3. The Bertz CT molecular complexity index is 433. The van der Waals surface area contributed by atoms with Gasteiger partial charge in [-0.05, 0) is 45.4 Å². The van der Waals surface area contributed by atoms with Gasteiger partial charge in [-0.25, -0.2) is 0 Å². The first-order valence-electron chi connectivity index (χ1n) is 6.88. The van der Waals surface area contributed by atoms with Crippen molar-refractivity contribution in [2.75, 3.05) is 13.6 Å². The molecule has 98 valence electrons. The molecule has 1 aromatic carbocycles. The van der Waals surface area contributed by atoms with Crippen LogP contribution in [0.1, 0.15) is 47.2 Å². The van der Waals surface area contributed by atoms with Gasteiger partial charge < -0.3 is 0 Å². The number of Topliss-reactive ketones (excluding diaryl/α,β-unsaturated/α-hetero) is 1. The molecule has 0 spiro atoms. The summed E-state index contributed by atoms with van der Waals surface area (Å²) in [5, 5.41) is 0. The number of carbonyl (C=O) groups excluding carboxylic acids is 1. The van der Waals surface area contributed by atoms with Crippen molar-refractivity contribution in [1.29, 1.82) is 0 Å². The van der Waals surface area contributed by atoms with Crippen LogP contribution in [0.5, 0.6) is 0 Å². The molecule has 0 saturated heterocycles. The number of aryl methyl sites for hydroxylation is 2.